The first-order valence-electron chi connectivity index (χ1n) is 11.9. The third kappa shape index (κ3) is 4.46. The molecule has 0 N–H and O–H groups in total. The van der Waals surface area contributed by atoms with E-state index < -0.39 is 137 Å². The number of nitriles is 4. The van der Waals surface area contributed by atoms with Crippen LogP contribution in [0.2, 0.25) is 0 Å². The lowest BCUT2D eigenvalue weighted by Crippen LogP contribution is -2.06. The lowest BCUT2D eigenvalue weighted by Gasteiger charge is -2.09. The highest BCUT2D eigenvalue weighted by atomic mass is 19.2. The van der Waals surface area contributed by atoms with Gasteiger partial charge < -0.3 is 0 Å². The SMILES string of the molecule is Cc1c(F)c(F)c(C(C#N)=C2C(=C(/C#N)c3c(F)c(F)c(C)c(F)c3F)/C2=C(/C#N)c2c(F)c(F)c(C#N)c(F)c2F)c(F)c1F. The number of rotatable bonds is 3. The lowest BCUT2D eigenvalue weighted by atomic mass is 9.99. The van der Waals surface area contributed by atoms with Crippen LogP contribution in [0, 0.1) is 129 Å². The van der Waals surface area contributed by atoms with Gasteiger partial charge in [0.2, 0.25) is 0 Å². The van der Waals surface area contributed by atoms with Gasteiger partial charge in [0.25, 0.3) is 0 Å². The van der Waals surface area contributed by atoms with Crippen molar-refractivity contribution in [2.75, 3.05) is 0 Å². The standard InChI is InChI=1S/C30H6F12N4/c1-7-19(31)25(37)16(26(38)20(7)32)9(3-43)13-14(10(4-44)17-27(39)21(33)8(2)22(34)28(17)40)15(13)11(5-45)18-29(41)23(35)12(6-46)24(36)30(18)42/h1-2H3/b13-9+,14-10?,15-11+. The number of hydrogen-bond acceptors (Lipinski definition) is 4. The Morgan fingerprint density at radius 3 is 0.783 bits per heavy atom. The molecule has 0 aromatic heterocycles. The first kappa shape index (κ1) is 32.9. The molecule has 0 spiro atoms. The van der Waals surface area contributed by atoms with Gasteiger partial charge in [0, 0.05) is 27.8 Å². The fraction of sp³-hybridized carbons (Fsp3) is 0.0667. The van der Waals surface area contributed by atoms with Crippen molar-refractivity contribution in [3.05, 3.63) is 120 Å². The van der Waals surface area contributed by atoms with Gasteiger partial charge in [-0.2, -0.15) is 21.0 Å². The molecule has 0 radical (unpaired) electrons. The van der Waals surface area contributed by atoms with E-state index in [-0.39, 0.29) is 0 Å². The second kappa shape index (κ2) is 11.5. The van der Waals surface area contributed by atoms with E-state index in [1.165, 1.54) is 0 Å². The average molecular weight is 650 g/mol. The third-order valence-electron chi connectivity index (χ3n) is 6.86. The summed E-state index contributed by atoms with van der Waals surface area (Å²) in [5.41, 5.74) is -18.9. The molecular formula is C30H6F12N4. The van der Waals surface area contributed by atoms with E-state index in [1.807, 2.05) is 0 Å². The van der Waals surface area contributed by atoms with Gasteiger partial charge in [-0.1, -0.05) is 0 Å². The summed E-state index contributed by atoms with van der Waals surface area (Å²) >= 11 is 0. The molecule has 0 unspecified atom stereocenters. The van der Waals surface area contributed by atoms with Gasteiger partial charge in [0.15, 0.2) is 69.8 Å². The van der Waals surface area contributed by atoms with Crippen LogP contribution in [0.15, 0.2) is 16.7 Å². The molecule has 0 bridgehead atoms. The van der Waals surface area contributed by atoms with E-state index in [0.717, 1.165) is 24.3 Å². The molecule has 0 saturated heterocycles. The van der Waals surface area contributed by atoms with Crippen molar-refractivity contribution in [3.63, 3.8) is 0 Å². The monoisotopic (exact) mass is 650 g/mol. The molecule has 0 amide bonds. The van der Waals surface area contributed by atoms with E-state index in [4.69, 9.17) is 5.26 Å². The normalized spacial score (nSPS) is 15.4. The second-order valence-electron chi connectivity index (χ2n) is 9.22. The summed E-state index contributed by atoms with van der Waals surface area (Å²) in [5, 5.41) is 38.3. The quantitative estimate of drug-likeness (QED) is 0.163. The van der Waals surface area contributed by atoms with Crippen molar-refractivity contribution >= 4 is 16.7 Å². The highest BCUT2D eigenvalue weighted by molar-refractivity contribution is 6.12. The molecule has 1 aliphatic rings. The second-order valence-corrected chi connectivity index (χ2v) is 9.22. The smallest absolute Gasteiger partial charge is 0.180 e. The molecule has 230 valence electrons. The molecule has 1 saturated carbocycles. The first-order valence-corrected chi connectivity index (χ1v) is 11.9. The summed E-state index contributed by atoms with van der Waals surface area (Å²) in [7, 11) is 0. The molecule has 4 nitrogen and oxygen atoms in total. The van der Waals surface area contributed by atoms with Gasteiger partial charge in [-0.15, -0.1) is 0 Å². The molecule has 46 heavy (non-hydrogen) atoms. The minimum absolute atomic E-state index is 0.570. The summed E-state index contributed by atoms with van der Waals surface area (Å²) in [6, 6.07) is 3.93. The van der Waals surface area contributed by atoms with Crippen LogP contribution in [0.3, 0.4) is 0 Å². The minimum Gasteiger partial charge on any atom is -0.203 e. The van der Waals surface area contributed by atoms with E-state index in [2.05, 4.69) is 0 Å². The third-order valence-corrected chi connectivity index (χ3v) is 6.86. The van der Waals surface area contributed by atoms with E-state index in [1.54, 1.807) is 0 Å². The molecule has 1 aliphatic carbocycles. The Morgan fingerprint density at radius 2 is 0.587 bits per heavy atom. The summed E-state index contributed by atoms with van der Waals surface area (Å²) in [5.74, 6) is -27.2. The van der Waals surface area contributed by atoms with Crippen LogP contribution in [0.5, 0.6) is 0 Å². The molecule has 4 rings (SSSR count). The van der Waals surface area contributed by atoms with E-state index in [0.29, 0.717) is 13.8 Å². The minimum atomic E-state index is -2.46. The maximum Gasteiger partial charge on any atom is 0.180 e. The van der Waals surface area contributed by atoms with Gasteiger partial charge in [-0.05, 0) is 13.8 Å². The number of nitrogens with zero attached hydrogens (tertiary/aromatic N) is 4. The van der Waals surface area contributed by atoms with Crippen LogP contribution >= 0.6 is 0 Å². The number of allylic oxidation sites excluding steroid dienone is 6. The first-order chi connectivity index (χ1) is 21.5. The van der Waals surface area contributed by atoms with Crippen molar-refractivity contribution in [1.29, 1.82) is 21.0 Å². The Kier molecular flexibility index (Phi) is 8.22. The van der Waals surface area contributed by atoms with Crippen molar-refractivity contribution in [1.82, 2.24) is 0 Å². The molecule has 3 aromatic rings. The molecule has 3 aromatic carbocycles. The van der Waals surface area contributed by atoms with Crippen LogP contribution in [0.25, 0.3) is 16.7 Å². The van der Waals surface area contributed by atoms with Crippen LogP contribution in [0.4, 0.5) is 52.7 Å². The van der Waals surface area contributed by atoms with Crippen LogP contribution in [0.1, 0.15) is 33.4 Å². The average Bonchev–Trinajstić information content (AvgIpc) is 3.76. The molecule has 16 heteroatoms. The molecule has 0 atom stereocenters. The maximum atomic E-state index is 15.0. The number of benzene rings is 3. The summed E-state index contributed by atoms with van der Waals surface area (Å²) in [4.78, 5) is 0. The van der Waals surface area contributed by atoms with Gasteiger partial charge in [0.1, 0.15) is 29.8 Å². The summed E-state index contributed by atoms with van der Waals surface area (Å²) in [6.45, 7) is 1.14. The molecule has 0 heterocycles. The topological polar surface area (TPSA) is 95.2 Å². The van der Waals surface area contributed by atoms with Gasteiger partial charge in [0.05, 0.1) is 33.4 Å². The number of hydrogen-bond donors (Lipinski definition) is 0. The Balaban J connectivity index is 2.36. The highest BCUT2D eigenvalue weighted by Gasteiger charge is 2.46. The van der Waals surface area contributed by atoms with Gasteiger partial charge >= 0.3 is 0 Å². The summed E-state index contributed by atoms with van der Waals surface area (Å²) in [6.07, 6.45) is 0. The molecule has 1 fully saturated rings. The Bertz CT molecular complexity index is 2040. The molecule has 0 aliphatic heterocycles. The maximum absolute atomic E-state index is 15.0. The van der Waals surface area contributed by atoms with Crippen LogP contribution < -0.4 is 0 Å². The van der Waals surface area contributed by atoms with Crippen LogP contribution in [-0.4, -0.2) is 0 Å². The van der Waals surface area contributed by atoms with Crippen LogP contribution in [-0.2, 0) is 0 Å². The highest BCUT2D eigenvalue weighted by Crippen LogP contribution is 2.57. The fourth-order valence-electron chi connectivity index (χ4n) is 4.52. The Morgan fingerprint density at radius 1 is 0.370 bits per heavy atom. The van der Waals surface area contributed by atoms with Gasteiger partial charge in [-0.25, -0.2) is 52.7 Å². The van der Waals surface area contributed by atoms with Crippen molar-refractivity contribution in [2.45, 2.75) is 13.8 Å². The zero-order chi connectivity index (χ0) is 34.7. The lowest BCUT2D eigenvalue weighted by molar-refractivity contribution is 0.442. The van der Waals surface area contributed by atoms with Crippen molar-refractivity contribution in [3.8, 4) is 24.3 Å². The van der Waals surface area contributed by atoms with Gasteiger partial charge in [-0.3, -0.25) is 0 Å². The molecular weight excluding hydrogens is 644 g/mol. The van der Waals surface area contributed by atoms with Crippen molar-refractivity contribution < 1.29 is 52.7 Å². The number of halogens is 12. The Labute approximate surface area is 248 Å². The summed E-state index contributed by atoms with van der Waals surface area (Å²) < 4.78 is 177. The largest absolute Gasteiger partial charge is 0.203 e. The predicted octanol–water partition coefficient (Wildman–Crippen LogP) is 8.09. The fourth-order valence-corrected chi connectivity index (χ4v) is 4.52. The zero-order valence-corrected chi connectivity index (χ0v) is 22.3. The van der Waals surface area contributed by atoms with Crippen molar-refractivity contribution in [2.24, 2.45) is 0 Å². The van der Waals surface area contributed by atoms with E-state index in [9.17, 15) is 59.7 Å². The Hall–Kier alpha value is -6.00. The predicted molar refractivity (Wildman–Crippen MR) is 131 cm³/mol. The van der Waals surface area contributed by atoms with E-state index >= 15 is 8.78 Å². The zero-order valence-electron chi connectivity index (χ0n) is 22.3.